The number of benzene rings is 2. The lowest BCUT2D eigenvalue weighted by molar-refractivity contribution is -0.139. The Bertz CT molecular complexity index is 722. The normalized spacial score (nSPS) is 12.7. The lowest BCUT2D eigenvalue weighted by Crippen LogP contribution is -2.22. The van der Waals surface area contributed by atoms with E-state index >= 15 is 0 Å². The molecule has 0 fully saturated rings. The fraction of sp³-hybridized carbons (Fsp3) is 0.417. The Hall–Kier alpha value is -2.30. The first-order valence-electron chi connectivity index (χ1n) is 10.2. The van der Waals surface area contributed by atoms with Crippen LogP contribution in [0, 0.1) is 0 Å². The first-order valence-corrected chi connectivity index (χ1v) is 10.2. The molecule has 0 atom stereocenters. The molecule has 1 aliphatic carbocycles. The molecule has 0 aromatic heterocycles. The summed E-state index contributed by atoms with van der Waals surface area (Å²) in [7, 11) is 0. The van der Waals surface area contributed by atoms with Gasteiger partial charge in [-0.3, -0.25) is 0 Å². The monoisotopic (exact) mass is 381 g/mol. The second kappa shape index (κ2) is 10.3. The molecule has 0 heterocycles. The Balaban J connectivity index is 1.47. The van der Waals surface area contributed by atoms with Crippen molar-refractivity contribution in [2.24, 2.45) is 0 Å². The van der Waals surface area contributed by atoms with Crippen molar-refractivity contribution in [3.63, 3.8) is 0 Å². The molecular weight excluding hydrogens is 350 g/mol. The van der Waals surface area contributed by atoms with Gasteiger partial charge in [-0.05, 0) is 49.1 Å². The minimum absolute atomic E-state index is 0.127. The topological polar surface area (TPSA) is 39.7 Å². The summed E-state index contributed by atoms with van der Waals surface area (Å²) in [5.41, 5.74) is 5.27. The van der Waals surface area contributed by atoms with Gasteiger partial charge in [0.15, 0.2) is 12.2 Å². The molecule has 28 heavy (non-hydrogen) atoms. The third kappa shape index (κ3) is 4.94. The quantitative estimate of drug-likeness (QED) is 0.317. The van der Waals surface area contributed by atoms with Crippen molar-refractivity contribution in [2.45, 2.75) is 38.9 Å². The van der Waals surface area contributed by atoms with Crippen molar-refractivity contribution in [1.82, 2.24) is 5.32 Å². The Morgan fingerprint density at radius 2 is 1.54 bits per heavy atom. The predicted octanol–water partition coefficient (Wildman–Crippen LogP) is 5.06. The highest BCUT2D eigenvalue weighted by Crippen LogP contribution is 2.44. The molecule has 4 nitrogen and oxygen atoms in total. The highest BCUT2D eigenvalue weighted by atomic mass is 16.7. The molecule has 0 radical (unpaired) electrons. The van der Waals surface area contributed by atoms with E-state index in [0.29, 0.717) is 25.7 Å². The molecule has 0 saturated heterocycles. The van der Waals surface area contributed by atoms with E-state index in [2.05, 4.69) is 60.4 Å². The van der Waals surface area contributed by atoms with Gasteiger partial charge in [0.1, 0.15) is 6.61 Å². The molecule has 2 aromatic carbocycles. The Kier molecular flexibility index (Phi) is 7.52. The summed E-state index contributed by atoms with van der Waals surface area (Å²) in [6.45, 7) is 10.7. The van der Waals surface area contributed by atoms with Gasteiger partial charge in [-0.15, -0.1) is 0 Å². The van der Waals surface area contributed by atoms with E-state index in [1.807, 2.05) is 13.8 Å². The molecule has 2 aromatic rings. The van der Waals surface area contributed by atoms with Crippen LogP contribution in [0.1, 0.15) is 43.7 Å². The molecule has 3 rings (SSSR count). The van der Waals surface area contributed by atoms with Crippen molar-refractivity contribution in [3.8, 4) is 11.1 Å². The van der Waals surface area contributed by atoms with Crippen molar-refractivity contribution in [1.29, 1.82) is 0 Å². The summed E-state index contributed by atoms with van der Waals surface area (Å²) in [6.07, 6.45) is 1.66. The Morgan fingerprint density at radius 3 is 2.11 bits per heavy atom. The fourth-order valence-electron chi connectivity index (χ4n) is 3.76. The number of fused-ring (bicyclic) bond motifs is 3. The van der Waals surface area contributed by atoms with Crippen LogP contribution in [0.15, 0.2) is 61.0 Å². The summed E-state index contributed by atoms with van der Waals surface area (Å²) in [5, 5.41) is 3.27. The molecule has 0 saturated carbocycles. The zero-order valence-electron chi connectivity index (χ0n) is 16.9. The summed E-state index contributed by atoms with van der Waals surface area (Å²) in [6, 6.07) is 17.1. The number of hydrogen-bond acceptors (Lipinski definition) is 4. The van der Waals surface area contributed by atoms with Crippen LogP contribution < -0.4 is 5.32 Å². The van der Waals surface area contributed by atoms with Crippen LogP contribution in [0.25, 0.3) is 11.1 Å². The minimum atomic E-state index is -0.127. The maximum Gasteiger partial charge on any atom is 0.179 e. The molecule has 0 amide bonds. The first kappa shape index (κ1) is 20.4. The summed E-state index contributed by atoms with van der Waals surface area (Å²) in [4.78, 5) is 0. The first-order chi connectivity index (χ1) is 13.7. The molecule has 0 spiro atoms. The van der Waals surface area contributed by atoms with Crippen LogP contribution in [-0.2, 0) is 14.2 Å². The largest absolute Gasteiger partial charge is 0.479 e. The van der Waals surface area contributed by atoms with E-state index in [-0.39, 0.29) is 12.2 Å². The third-order valence-electron chi connectivity index (χ3n) is 5.03. The molecule has 1 N–H and O–H groups in total. The number of ether oxygens (including phenoxy) is 3. The lowest BCUT2D eigenvalue weighted by Gasteiger charge is -2.19. The van der Waals surface area contributed by atoms with Crippen LogP contribution in [0.5, 0.6) is 0 Å². The van der Waals surface area contributed by atoms with E-state index in [4.69, 9.17) is 14.2 Å². The van der Waals surface area contributed by atoms with Gasteiger partial charge >= 0.3 is 0 Å². The van der Waals surface area contributed by atoms with E-state index in [1.54, 1.807) is 0 Å². The molecule has 4 heteroatoms. The van der Waals surface area contributed by atoms with E-state index in [1.165, 1.54) is 22.3 Å². The molecule has 1 aliphatic rings. The average molecular weight is 382 g/mol. The maximum absolute atomic E-state index is 5.97. The van der Waals surface area contributed by atoms with Crippen LogP contribution in [0.2, 0.25) is 0 Å². The van der Waals surface area contributed by atoms with Crippen molar-refractivity contribution in [2.75, 3.05) is 26.4 Å². The second-order valence-corrected chi connectivity index (χ2v) is 6.87. The fourth-order valence-corrected chi connectivity index (χ4v) is 3.76. The highest BCUT2D eigenvalue weighted by Gasteiger charge is 2.28. The second-order valence-electron chi connectivity index (χ2n) is 6.87. The van der Waals surface area contributed by atoms with Crippen LogP contribution >= 0.6 is 0 Å². The highest BCUT2D eigenvalue weighted by molar-refractivity contribution is 5.78. The summed E-state index contributed by atoms with van der Waals surface area (Å²) in [5.74, 6) is 0.859. The number of nitrogens with one attached hydrogen (secondary N) is 1. The third-order valence-corrected chi connectivity index (χ3v) is 5.03. The smallest absolute Gasteiger partial charge is 0.179 e. The maximum atomic E-state index is 5.97. The van der Waals surface area contributed by atoms with Crippen molar-refractivity contribution < 1.29 is 14.2 Å². The van der Waals surface area contributed by atoms with Gasteiger partial charge < -0.3 is 19.5 Å². The van der Waals surface area contributed by atoms with E-state index < -0.39 is 0 Å². The van der Waals surface area contributed by atoms with Gasteiger partial charge in [0.25, 0.3) is 0 Å². The zero-order chi connectivity index (χ0) is 19.8. The van der Waals surface area contributed by atoms with Gasteiger partial charge in [-0.2, -0.15) is 0 Å². The van der Waals surface area contributed by atoms with Gasteiger partial charge in [-0.25, -0.2) is 0 Å². The van der Waals surface area contributed by atoms with Crippen LogP contribution in [-0.4, -0.2) is 32.7 Å². The minimum Gasteiger partial charge on any atom is -0.479 e. The van der Waals surface area contributed by atoms with Gasteiger partial charge in [0.2, 0.25) is 0 Å². The Morgan fingerprint density at radius 1 is 0.964 bits per heavy atom. The van der Waals surface area contributed by atoms with Crippen LogP contribution in [0.4, 0.5) is 0 Å². The van der Waals surface area contributed by atoms with Crippen molar-refractivity contribution >= 4 is 0 Å². The SMILES string of the molecule is C=C(NCCCC(OCC)OCC)OCC1c2ccccc2-c2ccccc21. The molecule has 0 bridgehead atoms. The van der Waals surface area contributed by atoms with Gasteiger partial charge in [-0.1, -0.05) is 48.5 Å². The van der Waals surface area contributed by atoms with Gasteiger partial charge in [0.05, 0.1) is 0 Å². The van der Waals surface area contributed by atoms with E-state index in [0.717, 1.165) is 19.4 Å². The lowest BCUT2D eigenvalue weighted by atomic mass is 9.98. The predicted molar refractivity (Wildman–Crippen MR) is 113 cm³/mol. The Labute approximate surface area is 168 Å². The zero-order valence-corrected chi connectivity index (χ0v) is 16.9. The molecular formula is C24H31NO3. The van der Waals surface area contributed by atoms with Crippen molar-refractivity contribution in [3.05, 3.63) is 72.1 Å². The molecule has 150 valence electrons. The number of hydrogen-bond donors (Lipinski definition) is 1. The molecule has 0 aliphatic heterocycles. The van der Waals surface area contributed by atoms with Crippen LogP contribution in [0.3, 0.4) is 0 Å². The van der Waals surface area contributed by atoms with E-state index in [9.17, 15) is 0 Å². The molecule has 0 unspecified atom stereocenters. The summed E-state index contributed by atoms with van der Waals surface area (Å²) >= 11 is 0. The summed E-state index contributed by atoms with van der Waals surface area (Å²) < 4.78 is 17.1. The standard InChI is InChI=1S/C24H31NO3/c1-4-26-24(27-5-2)15-10-16-25-18(3)28-17-23-21-13-8-6-11-19(21)20-12-7-9-14-22(20)23/h6-9,11-14,23-25H,3-5,10,15-17H2,1-2H3. The van der Waals surface area contributed by atoms with Gasteiger partial charge in [0, 0.05) is 32.1 Å². The number of rotatable bonds is 12. The average Bonchev–Trinajstić information content (AvgIpc) is 3.04.